The molecular formula is C24H28FN5O2S. The van der Waals surface area contributed by atoms with E-state index in [1.165, 1.54) is 18.5 Å². The first-order valence-electron chi connectivity index (χ1n) is 11.4. The van der Waals surface area contributed by atoms with Crippen molar-refractivity contribution in [3.63, 3.8) is 0 Å². The molecule has 2 aliphatic heterocycles. The molecule has 0 amide bonds. The predicted molar refractivity (Wildman–Crippen MR) is 130 cm³/mol. The number of halogens is 1. The van der Waals surface area contributed by atoms with E-state index < -0.39 is 9.73 Å². The highest BCUT2D eigenvalue weighted by Crippen LogP contribution is 2.35. The van der Waals surface area contributed by atoms with Crippen molar-refractivity contribution in [1.29, 1.82) is 0 Å². The van der Waals surface area contributed by atoms with Crippen LogP contribution in [0.3, 0.4) is 0 Å². The van der Waals surface area contributed by atoms with E-state index in [9.17, 15) is 8.60 Å². The monoisotopic (exact) mass is 469 g/mol. The van der Waals surface area contributed by atoms with Gasteiger partial charge in [-0.1, -0.05) is 0 Å². The number of nitrogens with one attached hydrogen (secondary N) is 2. The molecule has 9 heteroatoms. The van der Waals surface area contributed by atoms with Crippen LogP contribution < -0.4 is 15.4 Å². The maximum absolute atomic E-state index is 14.0. The van der Waals surface area contributed by atoms with Crippen LogP contribution in [0.1, 0.15) is 31.2 Å². The Hall–Kier alpha value is -2.78. The fourth-order valence-electron chi connectivity index (χ4n) is 4.49. The minimum absolute atomic E-state index is 0.00773. The summed E-state index contributed by atoms with van der Waals surface area (Å²) in [6, 6.07) is 8.26. The third kappa shape index (κ3) is 4.94. The average molecular weight is 470 g/mol. The zero-order valence-corrected chi connectivity index (χ0v) is 19.5. The topological polar surface area (TPSA) is 88.5 Å². The van der Waals surface area contributed by atoms with E-state index >= 15 is 0 Å². The van der Waals surface area contributed by atoms with Crippen molar-refractivity contribution >= 4 is 37.8 Å². The van der Waals surface area contributed by atoms with Gasteiger partial charge in [-0.15, -0.1) is 0 Å². The van der Waals surface area contributed by atoms with Crippen molar-refractivity contribution in [3.05, 3.63) is 48.0 Å². The molecule has 7 nitrogen and oxygen atoms in total. The van der Waals surface area contributed by atoms with Crippen molar-refractivity contribution in [2.45, 2.75) is 38.7 Å². The third-order valence-electron chi connectivity index (χ3n) is 6.11. The minimum atomic E-state index is -2.17. The summed E-state index contributed by atoms with van der Waals surface area (Å²) in [6.45, 7) is 3.68. The van der Waals surface area contributed by atoms with Crippen LogP contribution in [-0.2, 0) is 9.73 Å². The van der Waals surface area contributed by atoms with Crippen LogP contribution in [0, 0.1) is 12.7 Å². The lowest BCUT2D eigenvalue weighted by Gasteiger charge is -2.25. The molecule has 2 saturated heterocycles. The summed E-state index contributed by atoms with van der Waals surface area (Å²) < 4.78 is 37.6. The van der Waals surface area contributed by atoms with Crippen molar-refractivity contribution < 1.29 is 13.3 Å². The Bertz CT molecular complexity index is 1290. The molecule has 0 saturated carbocycles. The fraction of sp³-hybridized carbons (Fsp3) is 0.417. The predicted octanol–water partition coefficient (Wildman–Crippen LogP) is 4.85. The van der Waals surface area contributed by atoms with Gasteiger partial charge in [0.15, 0.2) is 0 Å². The molecule has 2 aromatic carbocycles. The van der Waals surface area contributed by atoms with Crippen LogP contribution in [-0.4, -0.2) is 44.9 Å². The number of aromatic nitrogens is 2. The second kappa shape index (κ2) is 9.23. The molecule has 3 heterocycles. The number of hydrogen-bond donors (Lipinski definition) is 2. The molecule has 3 aromatic rings. The maximum atomic E-state index is 14.0. The highest BCUT2D eigenvalue weighted by Gasteiger charge is 2.19. The zero-order valence-electron chi connectivity index (χ0n) is 18.6. The summed E-state index contributed by atoms with van der Waals surface area (Å²) >= 11 is 0. The molecule has 2 aliphatic rings. The molecule has 2 fully saturated rings. The molecule has 0 aliphatic carbocycles. The van der Waals surface area contributed by atoms with E-state index in [0.29, 0.717) is 40.0 Å². The number of piperidine rings is 1. The second-order valence-electron chi connectivity index (χ2n) is 8.71. The highest BCUT2D eigenvalue weighted by molar-refractivity contribution is 7.93. The van der Waals surface area contributed by atoms with Gasteiger partial charge in [-0.2, -0.15) is 4.36 Å². The number of anilines is 2. The average Bonchev–Trinajstić information content (AvgIpc) is 3.22. The normalized spacial score (nSPS) is 20.0. The van der Waals surface area contributed by atoms with Gasteiger partial charge < -0.3 is 15.4 Å². The lowest BCUT2D eigenvalue weighted by atomic mass is 10.1. The van der Waals surface area contributed by atoms with Crippen molar-refractivity contribution in [3.8, 4) is 5.75 Å². The largest absolute Gasteiger partial charge is 0.487 e. The van der Waals surface area contributed by atoms with Crippen molar-refractivity contribution in [2.24, 2.45) is 4.36 Å². The molecule has 0 radical (unpaired) electrons. The van der Waals surface area contributed by atoms with Crippen LogP contribution in [0.5, 0.6) is 5.75 Å². The van der Waals surface area contributed by atoms with E-state index in [-0.39, 0.29) is 11.9 Å². The smallest absolute Gasteiger partial charge is 0.146 e. The second-order valence-corrected chi connectivity index (χ2v) is 11.3. The molecule has 1 aromatic heterocycles. The van der Waals surface area contributed by atoms with Gasteiger partial charge in [-0.05, 0) is 69.0 Å². The number of hydrogen-bond acceptors (Lipinski definition) is 7. The van der Waals surface area contributed by atoms with E-state index in [1.807, 2.05) is 19.1 Å². The zero-order chi connectivity index (χ0) is 22.8. The summed E-state index contributed by atoms with van der Waals surface area (Å²) in [4.78, 5) is 8.88. The minimum Gasteiger partial charge on any atom is -0.487 e. The molecule has 5 rings (SSSR count). The van der Waals surface area contributed by atoms with E-state index in [4.69, 9.17) is 4.74 Å². The SMILES string of the molecule is Cc1cc(N=S2(=O)CCCC2)cc2ncnc(Nc3ccc(F)cc3O[C@@H]3CCCNC3)c12. The number of benzene rings is 2. The Labute approximate surface area is 193 Å². The fourth-order valence-corrected chi connectivity index (χ4v) is 6.67. The van der Waals surface area contributed by atoms with Gasteiger partial charge in [-0.25, -0.2) is 18.6 Å². The molecule has 0 bridgehead atoms. The van der Waals surface area contributed by atoms with Crippen LogP contribution >= 0.6 is 0 Å². The Morgan fingerprint density at radius 1 is 1.18 bits per heavy atom. The summed E-state index contributed by atoms with van der Waals surface area (Å²) in [5.41, 5.74) is 2.97. The third-order valence-corrected chi connectivity index (χ3v) is 8.51. The van der Waals surface area contributed by atoms with Crippen LogP contribution in [0.15, 0.2) is 41.0 Å². The van der Waals surface area contributed by atoms with Crippen molar-refractivity contribution in [2.75, 3.05) is 29.9 Å². The van der Waals surface area contributed by atoms with Crippen molar-refractivity contribution in [1.82, 2.24) is 15.3 Å². The first-order valence-corrected chi connectivity index (χ1v) is 13.3. The first kappa shape index (κ1) is 22.0. The van der Waals surface area contributed by atoms with Crippen LogP contribution in [0.2, 0.25) is 0 Å². The summed E-state index contributed by atoms with van der Waals surface area (Å²) in [5.74, 6) is 2.02. The molecule has 33 heavy (non-hydrogen) atoms. The Morgan fingerprint density at radius 3 is 2.82 bits per heavy atom. The van der Waals surface area contributed by atoms with E-state index in [0.717, 1.165) is 49.7 Å². The van der Waals surface area contributed by atoms with Gasteiger partial charge in [0.25, 0.3) is 0 Å². The molecule has 0 unspecified atom stereocenters. The van der Waals surface area contributed by atoms with Gasteiger partial charge in [0.1, 0.15) is 29.8 Å². The highest BCUT2D eigenvalue weighted by atomic mass is 32.2. The molecule has 0 spiro atoms. The lowest BCUT2D eigenvalue weighted by Crippen LogP contribution is -2.37. The van der Waals surface area contributed by atoms with Gasteiger partial charge in [-0.3, -0.25) is 0 Å². The molecule has 2 N–H and O–H groups in total. The Kier molecular flexibility index (Phi) is 6.16. The van der Waals surface area contributed by atoms with Gasteiger partial charge in [0.05, 0.1) is 26.6 Å². The van der Waals surface area contributed by atoms with Gasteiger partial charge in [0, 0.05) is 29.5 Å². The molecule has 1 atom stereocenters. The van der Waals surface area contributed by atoms with Crippen LogP contribution in [0.4, 0.5) is 21.6 Å². The number of fused-ring (bicyclic) bond motifs is 1. The number of rotatable bonds is 5. The summed E-state index contributed by atoms with van der Waals surface area (Å²) in [6.07, 6.45) is 5.35. The van der Waals surface area contributed by atoms with Gasteiger partial charge >= 0.3 is 0 Å². The molecule has 174 valence electrons. The van der Waals surface area contributed by atoms with E-state index in [2.05, 4.69) is 25.0 Å². The van der Waals surface area contributed by atoms with E-state index in [1.54, 1.807) is 6.07 Å². The van der Waals surface area contributed by atoms with Gasteiger partial charge in [0.2, 0.25) is 0 Å². The van der Waals surface area contributed by atoms with Crippen LogP contribution in [0.25, 0.3) is 10.9 Å². The quantitative estimate of drug-likeness (QED) is 0.556. The Balaban J connectivity index is 1.49. The number of aryl methyl sites for hydroxylation is 1. The number of nitrogens with zero attached hydrogens (tertiary/aromatic N) is 3. The summed E-state index contributed by atoms with van der Waals surface area (Å²) in [7, 11) is -2.17. The number of ether oxygens (including phenoxy) is 1. The summed E-state index contributed by atoms with van der Waals surface area (Å²) in [5, 5.41) is 7.48. The molecular weight excluding hydrogens is 441 g/mol. The lowest BCUT2D eigenvalue weighted by molar-refractivity contribution is 0.167. The Morgan fingerprint density at radius 2 is 2.03 bits per heavy atom. The standard InChI is InChI=1S/C24H28FN5O2S/c1-16-11-18(30-33(31)9-2-3-10-33)13-21-23(16)24(28-15-27-21)29-20-7-6-17(25)12-22(20)32-19-5-4-8-26-14-19/h6-7,11-13,15,19,26H,2-5,8-10,14H2,1H3,(H,27,28,29)/t19-/m1/s1. The maximum Gasteiger partial charge on any atom is 0.146 e. The first-order chi connectivity index (χ1) is 16.0.